The van der Waals surface area contributed by atoms with Gasteiger partial charge < -0.3 is 5.73 Å². The van der Waals surface area contributed by atoms with E-state index >= 15 is 0 Å². The van der Waals surface area contributed by atoms with Gasteiger partial charge in [-0.2, -0.15) is 0 Å². The smallest absolute Gasteiger partial charge is 0.0394 e. The Labute approximate surface area is 105 Å². The zero-order valence-electron chi connectivity index (χ0n) is 10.2. The van der Waals surface area contributed by atoms with Crippen LogP contribution in [0.15, 0.2) is 48.5 Å². The molecule has 0 radical (unpaired) electrons. The van der Waals surface area contributed by atoms with Crippen molar-refractivity contribution in [2.75, 3.05) is 5.73 Å². The highest BCUT2D eigenvalue weighted by Crippen LogP contribution is 2.38. The third kappa shape index (κ3) is 1.06. The predicted octanol–water partition coefficient (Wildman–Crippen LogP) is 4.47. The zero-order valence-corrected chi connectivity index (χ0v) is 10.2. The van der Waals surface area contributed by atoms with Gasteiger partial charge in [0.2, 0.25) is 0 Å². The summed E-state index contributed by atoms with van der Waals surface area (Å²) >= 11 is 0. The molecule has 4 rings (SSSR count). The van der Waals surface area contributed by atoms with Crippen LogP contribution in [-0.4, -0.2) is 0 Å². The Morgan fingerprint density at radius 1 is 0.778 bits per heavy atom. The molecule has 1 heteroatoms. The number of nitrogens with two attached hydrogens (primary N) is 1. The minimum Gasteiger partial charge on any atom is -0.398 e. The molecular formula is C17H13N. The Morgan fingerprint density at radius 2 is 1.56 bits per heavy atom. The summed E-state index contributed by atoms with van der Waals surface area (Å²) in [5.74, 6) is 0. The number of nitrogen functional groups attached to an aromatic ring is 1. The van der Waals surface area contributed by atoms with Gasteiger partial charge in [-0.1, -0.05) is 42.5 Å². The topological polar surface area (TPSA) is 26.0 Å². The molecule has 0 aliphatic heterocycles. The van der Waals surface area contributed by atoms with Crippen LogP contribution in [0.2, 0.25) is 0 Å². The standard InChI is InChI=1S/C17H13N/c1-10-9-12-6-8-15(18)14-7-5-11-3-2-4-13(10)16(11)17(12)14/h2-9H,18H2,1H3. The molecular weight excluding hydrogens is 218 g/mol. The van der Waals surface area contributed by atoms with Crippen molar-refractivity contribution in [2.45, 2.75) is 6.92 Å². The van der Waals surface area contributed by atoms with Gasteiger partial charge in [0.1, 0.15) is 0 Å². The predicted molar refractivity (Wildman–Crippen MR) is 79.3 cm³/mol. The van der Waals surface area contributed by atoms with Crippen LogP contribution in [0, 0.1) is 6.92 Å². The van der Waals surface area contributed by atoms with E-state index in [0.29, 0.717) is 0 Å². The Hall–Kier alpha value is -2.28. The monoisotopic (exact) mass is 231 g/mol. The van der Waals surface area contributed by atoms with Crippen molar-refractivity contribution in [1.82, 2.24) is 0 Å². The first-order chi connectivity index (χ1) is 8.75. The molecule has 18 heavy (non-hydrogen) atoms. The van der Waals surface area contributed by atoms with E-state index in [0.717, 1.165) is 11.1 Å². The second kappa shape index (κ2) is 3.14. The maximum Gasteiger partial charge on any atom is 0.0394 e. The van der Waals surface area contributed by atoms with Gasteiger partial charge >= 0.3 is 0 Å². The number of anilines is 1. The van der Waals surface area contributed by atoms with Crippen molar-refractivity contribution >= 4 is 38.0 Å². The van der Waals surface area contributed by atoms with Crippen LogP contribution in [0.3, 0.4) is 0 Å². The van der Waals surface area contributed by atoms with Crippen LogP contribution >= 0.6 is 0 Å². The van der Waals surface area contributed by atoms with Gasteiger partial charge in [-0.25, -0.2) is 0 Å². The van der Waals surface area contributed by atoms with E-state index < -0.39 is 0 Å². The van der Waals surface area contributed by atoms with Gasteiger partial charge in [-0.15, -0.1) is 0 Å². The first-order valence-corrected chi connectivity index (χ1v) is 6.18. The minimum atomic E-state index is 0.860. The molecule has 0 heterocycles. The third-order valence-corrected chi connectivity index (χ3v) is 3.88. The SMILES string of the molecule is Cc1cc2ccc(N)c3ccc4cccc1c4c23. The Morgan fingerprint density at radius 3 is 2.44 bits per heavy atom. The summed E-state index contributed by atoms with van der Waals surface area (Å²) in [6.07, 6.45) is 0. The summed E-state index contributed by atoms with van der Waals surface area (Å²) < 4.78 is 0. The van der Waals surface area contributed by atoms with Gasteiger partial charge in [0.15, 0.2) is 0 Å². The fourth-order valence-corrected chi connectivity index (χ4v) is 3.03. The van der Waals surface area contributed by atoms with Gasteiger partial charge in [0.05, 0.1) is 0 Å². The third-order valence-electron chi connectivity index (χ3n) is 3.88. The molecule has 2 N–H and O–H groups in total. The van der Waals surface area contributed by atoms with Gasteiger partial charge in [0.25, 0.3) is 0 Å². The van der Waals surface area contributed by atoms with E-state index in [-0.39, 0.29) is 0 Å². The summed E-state index contributed by atoms with van der Waals surface area (Å²) in [6.45, 7) is 2.17. The largest absolute Gasteiger partial charge is 0.398 e. The number of rotatable bonds is 0. The summed E-state index contributed by atoms with van der Waals surface area (Å²) in [4.78, 5) is 0. The molecule has 86 valence electrons. The first kappa shape index (κ1) is 9.72. The van der Waals surface area contributed by atoms with Gasteiger partial charge in [-0.05, 0) is 45.5 Å². The van der Waals surface area contributed by atoms with Crippen LogP contribution in [0.1, 0.15) is 5.56 Å². The first-order valence-electron chi connectivity index (χ1n) is 6.18. The van der Waals surface area contributed by atoms with Crippen LogP contribution < -0.4 is 5.73 Å². The molecule has 4 aromatic rings. The highest BCUT2D eigenvalue weighted by Gasteiger charge is 2.10. The molecule has 4 aromatic carbocycles. The van der Waals surface area contributed by atoms with Crippen molar-refractivity contribution in [2.24, 2.45) is 0 Å². The number of hydrogen-bond donors (Lipinski definition) is 1. The number of benzene rings is 4. The zero-order chi connectivity index (χ0) is 12.3. The molecule has 0 amide bonds. The molecule has 0 spiro atoms. The molecule has 0 aromatic heterocycles. The quantitative estimate of drug-likeness (QED) is 0.350. The molecule has 0 aliphatic rings. The van der Waals surface area contributed by atoms with E-state index in [2.05, 4.69) is 49.4 Å². The van der Waals surface area contributed by atoms with Crippen LogP contribution in [0.25, 0.3) is 32.3 Å². The summed E-state index contributed by atoms with van der Waals surface area (Å²) in [7, 11) is 0. The number of aryl methyl sites for hydroxylation is 1. The van der Waals surface area contributed by atoms with Crippen molar-refractivity contribution in [1.29, 1.82) is 0 Å². The molecule has 0 bridgehead atoms. The summed E-state index contributed by atoms with van der Waals surface area (Å²) in [6, 6.07) is 17.2. The second-order valence-corrected chi connectivity index (χ2v) is 4.96. The molecule has 0 saturated heterocycles. The van der Waals surface area contributed by atoms with Crippen molar-refractivity contribution < 1.29 is 0 Å². The minimum absolute atomic E-state index is 0.860. The van der Waals surface area contributed by atoms with Crippen LogP contribution in [0.4, 0.5) is 5.69 Å². The lowest BCUT2D eigenvalue weighted by Crippen LogP contribution is -1.91. The number of hydrogen-bond acceptors (Lipinski definition) is 1. The van der Waals surface area contributed by atoms with Gasteiger partial charge in [0, 0.05) is 11.1 Å². The molecule has 0 saturated carbocycles. The molecule has 1 nitrogen and oxygen atoms in total. The summed E-state index contributed by atoms with van der Waals surface area (Å²) in [5.41, 5.74) is 8.29. The maximum atomic E-state index is 6.10. The second-order valence-electron chi connectivity index (χ2n) is 4.96. The maximum absolute atomic E-state index is 6.10. The molecule has 0 fully saturated rings. The highest BCUT2D eigenvalue weighted by atomic mass is 14.5. The van der Waals surface area contributed by atoms with Crippen molar-refractivity contribution in [3.63, 3.8) is 0 Å². The van der Waals surface area contributed by atoms with Gasteiger partial charge in [-0.3, -0.25) is 0 Å². The fraction of sp³-hybridized carbons (Fsp3) is 0.0588. The Bertz CT molecular complexity index is 885. The van der Waals surface area contributed by atoms with Crippen molar-refractivity contribution in [3.05, 3.63) is 54.1 Å². The van der Waals surface area contributed by atoms with E-state index in [4.69, 9.17) is 5.73 Å². The molecule has 0 aliphatic carbocycles. The lowest BCUT2D eigenvalue weighted by molar-refractivity contribution is 1.56. The van der Waals surface area contributed by atoms with Crippen molar-refractivity contribution in [3.8, 4) is 0 Å². The Kier molecular flexibility index (Phi) is 1.69. The fourth-order valence-electron chi connectivity index (χ4n) is 3.03. The van der Waals surface area contributed by atoms with E-state index in [1.54, 1.807) is 0 Å². The average Bonchev–Trinajstić information content (AvgIpc) is 2.40. The lowest BCUT2D eigenvalue weighted by atomic mass is 9.91. The average molecular weight is 231 g/mol. The molecule has 0 unspecified atom stereocenters. The van der Waals surface area contributed by atoms with Crippen LogP contribution in [-0.2, 0) is 0 Å². The lowest BCUT2D eigenvalue weighted by Gasteiger charge is -2.13. The van der Waals surface area contributed by atoms with Crippen LogP contribution in [0.5, 0.6) is 0 Å². The molecule has 0 atom stereocenters. The Balaban J connectivity index is 2.49. The highest BCUT2D eigenvalue weighted by molar-refractivity contribution is 6.25. The normalized spacial score (nSPS) is 11.8. The van der Waals surface area contributed by atoms with E-state index in [9.17, 15) is 0 Å². The van der Waals surface area contributed by atoms with E-state index in [1.807, 2.05) is 6.07 Å². The van der Waals surface area contributed by atoms with E-state index in [1.165, 1.54) is 32.5 Å². The summed E-state index contributed by atoms with van der Waals surface area (Å²) in [5, 5.41) is 7.71.